The van der Waals surface area contributed by atoms with Gasteiger partial charge < -0.3 is 10.2 Å². The number of benzene rings is 2. The fourth-order valence-electron chi connectivity index (χ4n) is 3.63. The largest absolute Gasteiger partial charge is 0.349 e. The Labute approximate surface area is 191 Å². The summed E-state index contributed by atoms with van der Waals surface area (Å²) in [5.41, 5.74) is 4.22. The molecule has 0 radical (unpaired) electrons. The molecule has 32 heavy (non-hydrogen) atoms. The summed E-state index contributed by atoms with van der Waals surface area (Å²) in [6.07, 6.45) is 1.78. The Balaban J connectivity index is 1.54. The van der Waals surface area contributed by atoms with Crippen LogP contribution in [0.1, 0.15) is 29.3 Å². The number of aromatic nitrogens is 4. The van der Waals surface area contributed by atoms with Crippen LogP contribution in [-0.4, -0.2) is 67.6 Å². The Bertz CT molecular complexity index is 1080. The van der Waals surface area contributed by atoms with Crippen molar-refractivity contribution in [2.45, 2.75) is 26.3 Å². The summed E-state index contributed by atoms with van der Waals surface area (Å²) in [6, 6.07) is 13.4. The number of carbonyl (C=O) groups is 2. The van der Waals surface area contributed by atoms with Crippen molar-refractivity contribution in [3.8, 4) is 16.8 Å². The molecular weight excluding hydrogens is 424 g/mol. The molecule has 2 aromatic carbocycles. The minimum absolute atomic E-state index is 0.0842. The average molecular weight is 451 g/mol. The van der Waals surface area contributed by atoms with E-state index in [4.69, 9.17) is 0 Å². The summed E-state index contributed by atoms with van der Waals surface area (Å²) in [5, 5.41) is 14.3. The maximum atomic E-state index is 13.1. The Morgan fingerprint density at radius 1 is 1.09 bits per heavy atom. The molecule has 2 amide bonds. The number of hydrogen-bond acceptors (Lipinski definition) is 6. The fraction of sp³-hybridized carbons (Fsp3) is 0.348. The van der Waals surface area contributed by atoms with E-state index in [9.17, 15) is 9.59 Å². The predicted octanol–water partition coefficient (Wildman–Crippen LogP) is 2.72. The van der Waals surface area contributed by atoms with Gasteiger partial charge in [0.05, 0.1) is 5.69 Å². The van der Waals surface area contributed by atoms with Crippen LogP contribution in [0.4, 0.5) is 0 Å². The van der Waals surface area contributed by atoms with E-state index in [-0.39, 0.29) is 24.3 Å². The highest BCUT2D eigenvalue weighted by Gasteiger charge is 2.21. The SMILES string of the molecule is Cc1ccc(-c2cc(C(=O)NC(C)CC(=O)N3CCSCC3)cc(-n3cnnn3)c2)cc1. The molecule has 0 bridgehead atoms. The molecule has 2 heterocycles. The number of aryl methyl sites for hydroxylation is 1. The fourth-order valence-corrected chi connectivity index (χ4v) is 4.53. The van der Waals surface area contributed by atoms with Crippen molar-refractivity contribution in [1.29, 1.82) is 0 Å². The number of tetrazole rings is 1. The first kappa shape index (κ1) is 22.0. The van der Waals surface area contributed by atoms with Crippen molar-refractivity contribution in [1.82, 2.24) is 30.4 Å². The van der Waals surface area contributed by atoms with Gasteiger partial charge in [0, 0.05) is 42.6 Å². The van der Waals surface area contributed by atoms with E-state index in [1.807, 2.05) is 66.9 Å². The maximum absolute atomic E-state index is 13.1. The number of nitrogens with zero attached hydrogens (tertiary/aromatic N) is 5. The topological polar surface area (TPSA) is 93.0 Å². The van der Waals surface area contributed by atoms with Gasteiger partial charge in [0.1, 0.15) is 6.33 Å². The van der Waals surface area contributed by atoms with E-state index in [2.05, 4.69) is 20.8 Å². The zero-order valence-corrected chi connectivity index (χ0v) is 19.0. The number of nitrogens with one attached hydrogen (secondary N) is 1. The molecule has 0 aliphatic carbocycles. The molecule has 3 aromatic rings. The van der Waals surface area contributed by atoms with Crippen LogP contribution in [0.3, 0.4) is 0 Å². The third kappa shape index (κ3) is 5.34. The van der Waals surface area contributed by atoms with Gasteiger partial charge in [-0.3, -0.25) is 9.59 Å². The van der Waals surface area contributed by atoms with Gasteiger partial charge in [-0.15, -0.1) is 5.10 Å². The third-order valence-electron chi connectivity index (χ3n) is 5.40. The van der Waals surface area contributed by atoms with E-state index in [1.165, 1.54) is 11.0 Å². The molecule has 1 aliphatic rings. The van der Waals surface area contributed by atoms with E-state index < -0.39 is 0 Å². The van der Waals surface area contributed by atoms with Gasteiger partial charge in [-0.1, -0.05) is 29.8 Å². The lowest BCUT2D eigenvalue weighted by molar-refractivity contribution is -0.131. The smallest absolute Gasteiger partial charge is 0.251 e. The molecule has 0 saturated carbocycles. The lowest BCUT2D eigenvalue weighted by Gasteiger charge is -2.27. The van der Waals surface area contributed by atoms with Crippen LogP contribution in [0.25, 0.3) is 16.8 Å². The first-order chi connectivity index (χ1) is 15.5. The van der Waals surface area contributed by atoms with E-state index in [1.54, 1.807) is 6.07 Å². The normalized spacial score (nSPS) is 14.8. The second kappa shape index (κ2) is 9.95. The number of hydrogen-bond donors (Lipinski definition) is 1. The summed E-state index contributed by atoms with van der Waals surface area (Å²) in [4.78, 5) is 27.5. The van der Waals surface area contributed by atoms with Gasteiger partial charge in [0.15, 0.2) is 0 Å². The standard InChI is InChI=1S/C23H26N6O2S/c1-16-3-5-18(6-4-16)19-12-20(14-21(13-19)29-15-24-26-27-29)23(31)25-17(2)11-22(30)28-7-9-32-10-8-28/h3-6,12-15,17H,7-11H2,1-2H3,(H,25,31). The number of carbonyl (C=O) groups excluding carboxylic acids is 2. The minimum Gasteiger partial charge on any atom is -0.349 e. The van der Waals surface area contributed by atoms with Gasteiger partial charge in [0.25, 0.3) is 5.91 Å². The summed E-state index contributed by atoms with van der Waals surface area (Å²) in [6.45, 7) is 5.45. The predicted molar refractivity (Wildman–Crippen MR) is 125 cm³/mol. The van der Waals surface area contributed by atoms with Crippen molar-refractivity contribution in [2.75, 3.05) is 24.6 Å². The van der Waals surface area contributed by atoms with Gasteiger partial charge in [0.2, 0.25) is 5.91 Å². The number of rotatable bonds is 6. The highest BCUT2D eigenvalue weighted by atomic mass is 32.2. The van der Waals surface area contributed by atoms with Crippen LogP contribution in [0.2, 0.25) is 0 Å². The van der Waals surface area contributed by atoms with Crippen LogP contribution < -0.4 is 5.32 Å². The molecule has 166 valence electrons. The Kier molecular flexibility index (Phi) is 6.84. The van der Waals surface area contributed by atoms with Gasteiger partial charge in [-0.2, -0.15) is 11.8 Å². The second-order valence-corrected chi connectivity index (χ2v) is 9.19. The molecule has 0 spiro atoms. The van der Waals surface area contributed by atoms with Gasteiger partial charge in [-0.05, 0) is 53.6 Å². The van der Waals surface area contributed by atoms with E-state index in [0.29, 0.717) is 11.3 Å². The molecule has 8 nitrogen and oxygen atoms in total. The Morgan fingerprint density at radius 2 is 1.84 bits per heavy atom. The lowest BCUT2D eigenvalue weighted by atomic mass is 10.0. The van der Waals surface area contributed by atoms with Crippen LogP contribution in [0.15, 0.2) is 48.8 Å². The monoisotopic (exact) mass is 450 g/mol. The molecule has 4 rings (SSSR count). The first-order valence-electron chi connectivity index (χ1n) is 10.6. The van der Waals surface area contributed by atoms with Crippen molar-refractivity contribution in [3.63, 3.8) is 0 Å². The van der Waals surface area contributed by atoms with Crippen LogP contribution in [0, 0.1) is 6.92 Å². The molecule has 1 N–H and O–H groups in total. The lowest BCUT2D eigenvalue weighted by Crippen LogP contribution is -2.42. The molecule has 1 atom stereocenters. The molecule has 1 unspecified atom stereocenters. The van der Waals surface area contributed by atoms with Crippen LogP contribution in [-0.2, 0) is 4.79 Å². The average Bonchev–Trinajstić information content (AvgIpc) is 3.35. The molecule has 1 aromatic heterocycles. The van der Waals surface area contributed by atoms with Crippen molar-refractivity contribution >= 4 is 23.6 Å². The zero-order valence-electron chi connectivity index (χ0n) is 18.2. The maximum Gasteiger partial charge on any atom is 0.251 e. The van der Waals surface area contributed by atoms with Crippen LogP contribution in [0.5, 0.6) is 0 Å². The molecule has 1 aliphatic heterocycles. The summed E-state index contributed by atoms with van der Waals surface area (Å²) in [7, 11) is 0. The summed E-state index contributed by atoms with van der Waals surface area (Å²) in [5.74, 6) is 1.79. The Morgan fingerprint density at radius 3 is 2.53 bits per heavy atom. The molecular formula is C23H26N6O2S. The van der Waals surface area contributed by atoms with Crippen molar-refractivity contribution in [3.05, 3.63) is 59.9 Å². The van der Waals surface area contributed by atoms with Crippen molar-refractivity contribution in [2.24, 2.45) is 0 Å². The highest BCUT2D eigenvalue weighted by Crippen LogP contribution is 2.25. The third-order valence-corrected chi connectivity index (χ3v) is 6.34. The van der Waals surface area contributed by atoms with Crippen molar-refractivity contribution < 1.29 is 9.59 Å². The molecule has 9 heteroatoms. The Hall–Kier alpha value is -3.20. The van der Waals surface area contributed by atoms with Crippen LogP contribution >= 0.6 is 11.8 Å². The van der Waals surface area contributed by atoms with E-state index in [0.717, 1.165) is 41.3 Å². The summed E-state index contributed by atoms with van der Waals surface area (Å²) >= 11 is 1.86. The van der Waals surface area contributed by atoms with Gasteiger partial charge in [-0.25, -0.2) is 4.68 Å². The van der Waals surface area contributed by atoms with Gasteiger partial charge >= 0.3 is 0 Å². The first-order valence-corrected chi connectivity index (χ1v) is 11.8. The minimum atomic E-state index is -0.274. The number of thioether (sulfide) groups is 1. The molecule has 1 saturated heterocycles. The van der Waals surface area contributed by atoms with E-state index >= 15 is 0 Å². The number of amides is 2. The summed E-state index contributed by atoms with van der Waals surface area (Å²) < 4.78 is 1.52. The zero-order chi connectivity index (χ0) is 22.5. The second-order valence-electron chi connectivity index (χ2n) is 7.96. The quantitative estimate of drug-likeness (QED) is 0.621. The highest BCUT2D eigenvalue weighted by molar-refractivity contribution is 7.99. The molecule has 1 fully saturated rings.